The van der Waals surface area contributed by atoms with Crippen LogP contribution in [0.5, 0.6) is 0 Å². The number of anilines is 1. The first-order valence-corrected chi connectivity index (χ1v) is 5.93. The molecule has 2 rings (SSSR count). The minimum absolute atomic E-state index is 0.0101. The Bertz CT molecular complexity index is 594. The summed E-state index contributed by atoms with van der Waals surface area (Å²) < 4.78 is 3.68. The molecule has 0 aromatic carbocycles. The van der Waals surface area contributed by atoms with E-state index in [9.17, 15) is 4.79 Å². The Morgan fingerprint density at radius 1 is 1.41 bits per heavy atom. The van der Waals surface area contributed by atoms with Gasteiger partial charge in [0, 0.05) is 12.6 Å². The Kier molecular flexibility index (Phi) is 2.92. The van der Waals surface area contributed by atoms with Crippen LogP contribution in [0.25, 0.3) is 11.0 Å². The number of fused-ring (bicyclic) bond motifs is 1. The van der Waals surface area contributed by atoms with E-state index in [2.05, 4.69) is 11.9 Å². The van der Waals surface area contributed by atoms with Crippen LogP contribution in [0.1, 0.15) is 33.2 Å². The molecule has 0 bridgehead atoms. The lowest BCUT2D eigenvalue weighted by molar-refractivity contribution is 0.405. The molecule has 2 aromatic heterocycles. The Balaban J connectivity index is 2.83. The third-order valence-corrected chi connectivity index (χ3v) is 2.76. The number of nitrogen functional groups attached to an aromatic ring is 1. The monoisotopic (exact) mass is 234 g/mol. The van der Waals surface area contributed by atoms with Crippen molar-refractivity contribution in [3.8, 4) is 0 Å². The van der Waals surface area contributed by atoms with Gasteiger partial charge in [-0.1, -0.05) is 6.92 Å². The second-order valence-corrected chi connectivity index (χ2v) is 4.47. The lowest BCUT2D eigenvalue weighted by atomic mass is 10.3. The smallest absolute Gasteiger partial charge is 0.276 e. The van der Waals surface area contributed by atoms with Gasteiger partial charge >= 0.3 is 0 Å². The average Bonchev–Trinajstić information content (AvgIpc) is 2.52. The lowest BCUT2D eigenvalue weighted by Crippen LogP contribution is -2.25. The molecule has 0 radical (unpaired) electrons. The highest BCUT2D eigenvalue weighted by molar-refractivity contribution is 5.76. The first kappa shape index (κ1) is 11.7. The Hall–Kier alpha value is -1.78. The van der Waals surface area contributed by atoms with Gasteiger partial charge in [-0.2, -0.15) is 0 Å². The maximum atomic E-state index is 12.2. The Morgan fingerprint density at radius 2 is 2.12 bits per heavy atom. The minimum atomic E-state index is 0.0101. The normalized spacial score (nSPS) is 11.5. The number of nitrogens with two attached hydrogens (primary N) is 1. The number of hydrogen-bond donors (Lipinski definition) is 1. The summed E-state index contributed by atoms with van der Waals surface area (Å²) >= 11 is 0. The van der Waals surface area contributed by atoms with Crippen LogP contribution < -0.4 is 11.3 Å². The van der Waals surface area contributed by atoms with Crippen LogP contribution in [0.2, 0.25) is 0 Å². The van der Waals surface area contributed by atoms with Crippen LogP contribution in [0, 0.1) is 0 Å². The molecule has 5 nitrogen and oxygen atoms in total. The molecule has 17 heavy (non-hydrogen) atoms. The minimum Gasteiger partial charge on any atom is -0.384 e. The van der Waals surface area contributed by atoms with E-state index in [0.29, 0.717) is 16.9 Å². The van der Waals surface area contributed by atoms with Gasteiger partial charge in [-0.3, -0.25) is 9.48 Å². The number of rotatable bonds is 3. The van der Waals surface area contributed by atoms with E-state index < -0.39 is 0 Å². The van der Waals surface area contributed by atoms with E-state index in [0.717, 1.165) is 13.0 Å². The van der Waals surface area contributed by atoms with Crippen LogP contribution in [-0.4, -0.2) is 14.3 Å². The quantitative estimate of drug-likeness (QED) is 0.880. The highest BCUT2D eigenvalue weighted by atomic mass is 16.1. The highest BCUT2D eigenvalue weighted by Gasteiger charge is 2.15. The zero-order valence-electron chi connectivity index (χ0n) is 10.5. The predicted molar refractivity (Wildman–Crippen MR) is 69.1 cm³/mol. The van der Waals surface area contributed by atoms with Crippen molar-refractivity contribution in [1.29, 1.82) is 0 Å². The third kappa shape index (κ3) is 1.81. The van der Waals surface area contributed by atoms with E-state index in [1.807, 2.05) is 18.5 Å². The molecule has 0 saturated carbocycles. The van der Waals surface area contributed by atoms with E-state index in [1.165, 1.54) is 0 Å². The van der Waals surface area contributed by atoms with Crippen LogP contribution in [0.15, 0.2) is 16.9 Å². The molecule has 0 spiro atoms. The molecule has 0 amide bonds. The maximum Gasteiger partial charge on any atom is 0.276 e. The number of hydrogen-bond acceptors (Lipinski definition) is 3. The standard InChI is InChI=1S/C12H18N4O/c1-4-7-15-11-9(5-6-10(13)14-11)12(17)16(15)8(2)3/h5-6,8H,4,7H2,1-3H3,(H2,13,14). The van der Waals surface area contributed by atoms with Gasteiger partial charge in [-0.05, 0) is 32.4 Å². The van der Waals surface area contributed by atoms with E-state index in [1.54, 1.807) is 16.8 Å². The molecular weight excluding hydrogens is 216 g/mol. The summed E-state index contributed by atoms with van der Waals surface area (Å²) in [6.45, 7) is 6.84. The fourth-order valence-corrected chi connectivity index (χ4v) is 2.10. The summed E-state index contributed by atoms with van der Waals surface area (Å²) in [6.07, 6.45) is 0.951. The first-order valence-electron chi connectivity index (χ1n) is 5.93. The van der Waals surface area contributed by atoms with Crippen molar-refractivity contribution in [3.05, 3.63) is 22.5 Å². The first-order chi connectivity index (χ1) is 8.06. The third-order valence-electron chi connectivity index (χ3n) is 2.76. The van der Waals surface area contributed by atoms with Gasteiger partial charge in [0.1, 0.15) is 5.82 Å². The molecular formula is C12H18N4O. The van der Waals surface area contributed by atoms with Crippen LogP contribution in [0.3, 0.4) is 0 Å². The van der Waals surface area contributed by atoms with Gasteiger partial charge in [-0.15, -0.1) is 0 Å². The van der Waals surface area contributed by atoms with Crippen molar-refractivity contribution in [2.45, 2.75) is 39.8 Å². The van der Waals surface area contributed by atoms with Crippen molar-refractivity contribution in [2.75, 3.05) is 5.73 Å². The lowest BCUT2D eigenvalue weighted by Gasteiger charge is -2.14. The van der Waals surface area contributed by atoms with Gasteiger partial charge in [0.2, 0.25) is 0 Å². The summed E-state index contributed by atoms with van der Waals surface area (Å²) in [6, 6.07) is 3.54. The topological polar surface area (TPSA) is 65.8 Å². The van der Waals surface area contributed by atoms with Crippen molar-refractivity contribution in [3.63, 3.8) is 0 Å². The van der Waals surface area contributed by atoms with Crippen LogP contribution >= 0.6 is 0 Å². The van der Waals surface area contributed by atoms with Crippen molar-refractivity contribution >= 4 is 16.9 Å². The highest BCUT2D eigenvalue weighted by Crippen LogP contribution is 2.14. The summed E-state index contributed by atoms with van der Waals surface area (Å²) in [4.78, 5) is 16.5. The molecule has 92 valence electrons. The molecule has 0 saturated heterocycles. The number of pyridine rings is 1. The molecule has 2 N–H and O–H groups in total. The molecule has 5 heteroatoms. The summed E-state index contributed by atoms with van der Waals surface area (Å²) in [5.41, 5.74) is 6.38. The maximum absolute atomic E-state index is 12.2. The van der Waals surface area contributed by atoms with E-state index in [-0.39, 0.29) is 11.6 Å². The van der Waals surface area contributed by atoms with Crippen molar-refractivity contribution in [2.24, 2.45) is 0 Å². The molecule has 0 unspecified atom stereocenters. The molecule has 0 fully saturated rings. The summed E-state index contributed by atoms with van der Waals surface area (Å²) in [7, 11) is 0. The number of aryl methyl sites for hydroxylation is 1. The zero-order valence-corrected chi connectivity index (χ0v) is 10.5. The molecule has 0 aliphatic heterocycles. The van der Waals surface area contributed by atoms with Gasteiger partial charge in [0.15, 0.2) is 5.65 Å². The second kappa shape index (κ2) is 4.24. The van der Waals surface area contributed by atoms with Gasteiger partial charge < -0.3 is 5.73 Å². The second-order valence-electron chi connectivity index (χ2n) is 4.47. The van der Waals surface area contributed by atoms with Gasteiger partial charge in [0.05, 0.1) is 5.39 Å². The Morgan fingerprint density at radius 3 is 2.71 bits per heavy atom. The molecule has 0 atom stereocenters. The van der Waals surface area contributed by atoms with Crippen LogP contribution in [-0.2, 0) is 6.54 Å². The van der Waals surface area contributed by atoms with Crippen LogP contribution in [0.4, 0.5) is 5.82 Å². The fraction of sp³-hybridized carbons (Fsp3) is 0.500. The molecule has 2 heterocycles. The van der Waals surface area contributed by atoms with Crippen molar-refractivity contribution in [1.82, 2.24) is 14.3 Å². The predicted octanol–water partition coefficient (Wildman–Crippen LogP) is 1.77. The average molecular weight is 234 g/mol. The molecule has 2 aromatic rings. The summed E-state index contributed by atoms with van der Waals surface area (Å²) in [5, 5.41) is 0.640. The number of aromatic nitrogens is 3. The largest absolute Gasteiger partial charge is 0.384 e. The summed E-state index contributed by atoms with van der Waals surface area (Å²) in [5.74, 6) is 0.447. The molecule has 0 aliphatic carbocycles. The van der Waals surface area contributed by atoms with Crippen molar-refractivity contribution < 1.29 is 0 Å². The van der Waals surface area contributed by atoms with E-state index >= 15 is 0 Å². The van der Waals surface area contributed by atoms with Gasteiger partial charge in [-0.25, -0.2) is 9.67 Å². The zero-order chi connectivity index (χ0) is 12.6. The van der Waals surface area contributed by atoms with Gasteiger partial charge in [0.25, 0.3) is 5.56 Å². The Labute approximate surface area is 99.8 Å². The number of nitrogens with zero attached hydrogens (tertiary/aromatic N) is 3. The fourth-order valence-electron chi connectivity index (χ4n) is 2.10. The molecule has 0 aliphatic rings. The SMILES string of the molecule is CCCn1c2nc(N)ccc2c(=O)n1C(C)C. The van der Waals surface area contributed by atoms with E-state index in [4.69, 9.17) is 5.73 Å².